The van der Waals surface area contributed by atoms with Gasteiger partial charge in [0.05, 0.1) is 12.1 Å². The first-order chi connectivity index (χ1) is 9.15. The number of piperidine rings is 1. The molecule has 0 radical (unpaired) electrons. The smallest absolute Gasteiger partial charge is 0.128 e. The Balaban J connectivity index is 2.21. The summed E-state index contributed by atoms with van der Waals surface area (Å²) in [5.41, 5.74) is 6.54. The van der Waals surface area contributed by atoms with E-state index in [1.165, 1.54) is 6.07 Å². The number of benzene rings is 1. The van der Waals surface area contributed by atoms with Gasteiger partial charge in [-0.3, -0.25) is 4.90 Å². The highest BCUT2D eigenvalue weighted by Gasteiger charge is 2.27. The second kappa shape index (κ2) is 6.79. The summed E-state index contributed by atoms with van der Waals surface area (Å²) < 4.78 is 20.3. The number of halogens is 2. The van der Waals surface area contributed by atoms with Gasteiger partial charge in [0, 0.05) is 30.2 Å². The topological polar surface area (TPSA) is 38.5 Å². The molecule has 1 aromatic rings. The lowest BCUT2D eigenvalue weighted by Gasteiger charge is -2.37. The van der Waals surface area contributed by atoms with Crippen molar-refractivity contribution in [3.63, 3.8) is 0 Å². The Morgan fingerprint density at radius 3 is 3.05 bits per heavy atom. The van der Waals surface area contributed by atoms with Gasteiger partial charge in [-0.1, -0.05) is 15.9 Å². The molecule has 1 fully saturated rings. The van der Waals surface area contributed by atoms with E-state index in [0.717, 1.165) is 30.4 Å². The van der Waals surface area contributed by atoms with Gasteiger partial charge in [0.1, 0.15) is 5.82 Å². The minimum atomic E-state index is -0.196. The van der Waals surface area contributed by atoms with Gasteiger partial charge in [-0.15, -0.1) is 0 Å². The molecule has 19 heavy (non-hydrogen) atoms. The van der Waals surface area contributed by atoms with E-state index in [4.69, 9.17) is 10.5 Å². The van der Waals surface area contributed by atoms with Crippen LogP contribution in [0, 0.1) is 5.82 Å². The lowest BCUT2D eigenvalue weighted by atomic mass is 10.00. The van der Waals surface area contributed by atoms with Crippen LogP contribution in [-0.2, 0) is 4.74 Å². The molecule has 1 aromatic carbocycles. The molecule has 2 atom stereocenters. The van der Waals surface area contributed by atoms with Crippen molar-refractivity contribution in [3.8, 4) is 0 Å². The highest BCUT2D eigenvalue weighted by atomic mass is 79.9. The molecule has 0 aromatic heterocycles. The van der Waals surface area contributed by atoms with Crippen molar-refractivity contribution in [1.82, 2.24) is 4.90 Å². The van der Waals surface area contributed by atoms with Gasteiger partial charge in [-0.25, -0.2) is 4.39 Å². The van der Waals surface area contributed by atoms with Crippen LogP contribution in [0.2, 0.25) is 0 Å². The van der Waals surface area contributed by atoms with E-state index in [2.05, 4.69) is 20.8 Å². The van der Waals surface area contributed by atoms with Crippen molar-refractivity contribution in [3.05, 3.63) is 34.1 Å². The van der Waals surface area contributed by atoms with E-state index in [9.17, 15) is 4.39 Å². The highest BCUT2D eigenvalue weighted by Crippen LogP contribution is 2.28. The van der Waals surface area contributed by atoms with Gasteiger partial charge in [-0.05, 0) is 37.6 Å². The molecule has 0 saturated carbocycles. The van der Waals surface area contributed by atoms with Crippen molar-refractivity contribution < 1.29 is 9.13 Å². The summed E-state index contributed by atoms with van der Waals surface area (Å²) in [6, 6.07) is 4.93. The highest BCUT2D eigenvalue weighted by molar-refractivity contribution is 9.10. The van der Waals surface area contributed by atoms with Crippen molar-refractivity contribution >= 4 is 15.9 Å². The van der Waals surface area contributed by atoms with E-state index in [1.807, 2.05) is 6.07 Å². The van der Waals surface area contributed by atoms with Crippen LogP contribution in [0.15, 0.2) is 22.7 Å². The summed E-state index contributed by atoms with van der Waals surface area (Å²) in [7, 11) is 1.73. The zero-order valence-electron chi connectivity index (χ0n) is 11.1. The van der Waals surface area contributed by atoms with Crippen LogP contribution in [0.5, 0.6) is 0 Å². The molecule has 0 bridgehead atoms. The lowest BCUT2D eigenvalue weighted by molar-refractivity contribution is 0.0149. The predicted molar refractivity (Wildman–Crippen MR) is 77.5 cm³/mol. The number of methoxy groups -OCH3 is 1. The second-order valence-electron chi connectivity index (χ2n) is 4.91. The van der Waals surface area contributed by atoms with Crippen molar-refractivity contribution in [1.29, 1.82) is 0 Å². The van der Waals surface area contributed by atoms with Gasteiger partial charge in [0.2, 0.25) is 0 Å². The van der Waals surface area contributed by atoms with Crippen LogP contribution in [0.1, 0.15) is 24.4 Å². The quantitative estimate of drug-likeness (QED) is 0.922. The summed E-state index contributed by atoms with van der Waals surface area (Å²) in [4.78, 5) is 2.22. The second-order valence-corrected chi connectivity index (χ2v) is 5.83. The molecule has 1 saturated heterocycles. The summed E-state index contributed by atoms with van der Waals surface area (Å²) >= 11 is 3.39. The average molecular weight is 331 g/mol. The Morgan fingerprint density at radius 2 is 2.37 bits per heavy atom. The third-order valence-electron chi connectivity index (χ3n) is 3.72. The molecule has 5 heteroatoms. The number of hydrogen-bond donors (Lipinski definition) is 1. The van der Waals surface area contributed by atoms with Gasteiger partial charge in [0.15, 0.2) is 0 Å². The molecule has 0 amide bonds. The number of ether oxygens (including phenoxy) is 1. The van der Waals surface area contributed by atoms with Gasteiger partial charge >= 0.3 is 0 Å². The van der Waals surface area contributed by atoms with E-state index < -0.39 is 0 Å². The minimum Gasteiger partial charge on any atom is -0.380 e. The Kier molecular flexibility index (Phi) is 5.33. The molecule has 0 spiro atoms. The lowest BCUT2D eigenvalue weighted by Crippen LogP contribution is -2.44. The Labute approximate surface area is 122 Å². The first-order valence-corrected chi connectivity index (χ1v) is 7.37. The average Bonchev–Trinajstić information content (AvgIpc) is 2.44. The van der Waals surface area contributed by atoms with Crippen LogP contribution in [0.25, 0.3) is 0 Å². The van der Waals surface area contributed by atoms with Gasteiger partial charge in [0.25, 0.3) is 0 Å². The molecule has 0 aliphatic carbocycles. The monoisotopic (exact) mass is 330 g/mol. The van der Waals surface area contributed by atoms with Crippen LogP contribution in [0.4, 0.5) is 4.39 Å². The number of likely N-dealkylation sites (tertiary alicyclic amines) is 1. The van der Waals surface area contributed by atoms with Crippen molar-refractivity contribution in [2.75, 3.05) is 26.7 Å². The zero-order chi connectivity index (χ0) is 13.8. The number of rotatable bonds is 4. The van der Waals surface area contributed by atoms with E-state index in [1.54, 1.807) is 13.2 Å². The largest absolute Gasteiger partial charge is 0.380 e. The van der Waals surface area contributed by atoms with Gasteiger partial charge in [-0.2, -0.15) is 0 Å². The Morgan fingerprint density at radius 1 is 1.58 bits per heavy atom. The molecule has 106 valence electrons. The molecule has 1 aliphatic rings. The molecular formula is C14H20BrFN2O. The van der Waals surface area contributed by atoms with E-state index in [0.29, 0.717) is 12.1 Å². The number of nitrogens with zero attached hydrogens (tertiary/aromatic N) is 1. The molecule has 2 N–H and O–H groups in total. The molecule has 2 unspecified atom stereocenters. The van der Waals surface area contributed by atoms with Gasteiger partial charge < -0.3 is 10.5 Å². The van der Waals surface area contributed by atoms with Crippen molar-refractivity contribution in [2.24, 2.45) is 5.73 Å². The van der Waals surface area contributed by atoms with Crippen molar-refractivity contribution in [2.45, 2.75) is 25.0 Å². The summed E-state index contributed by atoms with van der Waals surface area (Å²) in [5, 5.41) is 0. The molecule has 3 nitrogen and oxygen atoms in total. The molecule has 2 rings (SSSR count). The summed E-state index contributed by atoms with van der Waals surface area (Å²) in [6.07, 6.45) is 2.34. The fourth-order valence-electron chi connectivity index (χ4n) is 2.68. The first kappa shape index (κ1) is 14.9. The summed E-state index contributed by atoms with van der Waals surface area (Å²) in [5.74, 6) is -0.196. The maximum atomic E-state index is 14.0. The standard InChI is InChI=1S/C14H20BrFN2O/c1-19-11-3-2-6-18(9-11)14(8-17)12-7-10(15)4-5-13(12)16/h4-5,7,11,14H,2-3,6,8-9,17H2,1H3. The Hall–Kier alpha value is -0.490. The van der Waals surface area contributed by atoms with Crippen LogP contribution in [0.3, 0.4) is 0 Å². The Bertz CT molecular complexity index is 430. The molecule has 1 aliphatic heterocycles. The fraction of sp³-hybridized carbons (Fsp3) is 0.571. The third kappa shape index (κ3) is 3.54. The molecular weight excluding hydrogens is 311 g/mol. The molecule has 1 heterocycles. The van der Waals surface area contributed by atoms with Crippen LogP contribution >= 0.6 is 15.9 Å². The minimum absolute atomic E-state index is 0.0875. The van der Waals surface area contributed by atoms with E-state index in [-0.39, 0.29) is 18.0 Å². The zero-order valence-corrected chi connectivity index (χ0v) is 12.7. The predicted octanol–water partition coefficient (Wildman–Crippen LogP) is 2.70. The SMILES string of the molecule is COC1CCCN(C(CN)c2cc(Br)ccc2F)C1. The van der Waals surface area contributed by atoms with E-state index >= 15 is 0 Å². The number of nitrogens with two attached hydrogens (primary N) is 1. The maximum absolute atomic E-state index is 14.0. The van der Waals surface area contributed by atoms with Crippen LogP contribution in [-0.4, -0.2) is 37.7 Å². The number of hydrogen-bond acceptors (Lipinski definition) is 3. The maximum Gasteiger partial charge on any atom is 0.128 e. The summed E-state index contributed by atoms with van der Waals surface area (Å²) in [6.45, 7) is 2.15. The van der Waals surface area contributed by atoms with Crippen LogP contribution < -0.4 is 5.73 Å². The third-order valence-corrected chi connectivity index (χ3v) is 4.22. The first-order valence-electron chi connectivity index (χ1n) is 6.57. The fourth-order valence-corrected chi connectivity index (χ4v) is 3.06. The normalized spacial score (nSPS) is 22.4.